The summed E-state index contributed by atoms with van der Waals surface area (Å²) in [5, 5.41) is 23.8. The molecular weight excluding hydrogens is 1120 g/mol. The number of urea groups is 1. The number of primary amides is 1. The molecule has 1 aliphatic rings. The van der Waals surface area contributed by atoms with Crippen molar-refractivity contribution in [2.45, 2.75) is 195 Å². The van der Waals surface area contributed by atoms with E-state index >= 15 is 0 Å². The van der Waals surface area contributed by atoms with E-state index in [-0.39, 0.29) is 67.2 Å². The van der Waals surface area contributed by atoms with Gasteiger partial charge in [-0.2, -0.15) is 0 Å². The first-order chi connectivity index (χ1) is 40.8. The Kier molecular flexibility index (Phi) is 30.1. The maximum absolute atomic E-state index is 14.8. The SMILES string of the molecule is CCC(C)C(C(CC(=O)N1CCCC1C(OC)C(C)C(=O)NC(Cc1ccccc1)C(=O)O)OC)N(C)C(=O)C(NC(=O)C(C(C)C)N(C)CCc1ccc(N(C)C(=O)C(CCCNC(N)=O)NC(=O)C(NC(=O)OC(C)(C)C)C(C)C)cc1)C(C)C. The van der Waals surface area contributed by atoms with Crippen molar-refractivity contribution >= 4 is 59.2 Å². The topological polar surface area (TPSA) is 301 Å². The number of amides is 9. The largest absolute Gasteiger partial charge is 0.480 e. The minimum atomic E-state index is -1.17. The number of benzene rings is 2. The van der Waals surface area contributed by atoms with Crippen LogP contribution in [0, 0.1) is 29.6 Å². The number of hydrogen-bond donors (Lipinski definition) is 7. The zero-order valence-electron chi connectivity index (χ0n) is 54.8. The number of methoxy groups -OCH3 is 2. The average molecular weight is 1220 g/mol. The van der Waals surface area contributed by atoms with Gasteiger partial charge in [0.05, 0.1) is 42.7 Å². The number of carboxylic acids is 1. The van der Waals surface area contributed by atoms with E-state index in [1.165, 1.54) is 19.1 Å². The number of alkyl carbamates (subject to hydrolysis) is 1. The average Bonchev–Trinajstić information content (AvgIpc) is 2.34. The smallest absolute Gasteiger partial charge is 0.408 e. The highest BCUT2D eigenvalue weighted by molar-refractivity contribution is 6.00. The van der Waals surface area contributed by atoms with Gasteiger partial charge >= 0.3 is 18.1 Å². The quantitative estimate of drug-likeness (QED) is 0.0426. The molecule has 1 aliphatic heterocycles. The number of anilines is 1. The van der Waals surface area contributed by atoms with Crippen LogP contribution in [0.25, 0.3) is 0 Å². The Balaban J connectivity index is 1.75. The lowest BCUT2D eigenvalue weighted by molar-refractivity contribution is -0.148. The van der Waals surface area contributed by atoms with E-state index in [0.29, 0.717) is 50.9 Å². The maximum Gasteiger partial charge on any atom is 0.408 e. The minimum absolute atomic E-state index is 0.0821. The number of aliphatic carboxylic acids is 1. The van der Waals surface area contributed by atoms with Gasteiger partial charge < -0.3 is 66.3 Å². The number of nitrogens with one attached hydrogen (secondary N) is 5. The van der Waals surface area contributed by atoms with E-state index in [4.69, 9.17) is 19.9 Å². The number of carboxylic acid groups (broad SMARTS) is 1. The van der Waals surface area contributed by atoms with Gasteiger partial charge in [0.1, 0.15) is 29.8 Å². The highest BCUT2D eigenvalue weighted by Crippen LogP contribution is 2.30. The molecule has 11 unspecified atom stereocenters. The van der Waals surface area contributed by atoms with Gasteiger partial charge in [-0.3, -0.25) is 33.7 Å². The van der Waals surface area contributed by atoms with Crippen LogP contribution in [0.15, 0.2) is 54.6 Å². The molecule has 0 aromatic heterocycles. The molecule has 8 N–H and O–H groups in total. The molecule has 1 saturated heterocycles. The molecule has 23 heteroatoms. The lowest BCUT2D eigenvalue weighted by atomic mass is 9.89. The molecule has 2 aromatic carbocycles. The zero-order chi connectivity index (χ0) is 65.6. The number of nitrogens with two attached hydrogens (primary N) is 1. The third-order valence-corrected chi connectivity index (χ3v) is 16.4. The van der Waals surface area contributed by atoms with E-state index in [1.54, 1.807) is 102 Å². The summed E-state index contributed by atoms with van der Waals surface area (Å²) >= 11 is 0. The second-order valence-corrected chi connectivity index (χ2v) is 25.3. The number of carbonyl (C=O) groups excluding carboxylic acids is 8. The molecule has 2 aromatic rings. The fourth-order valence-corrected chi connectivity index (χ4v) is 11.3. The van der Waals surface area contributed by atoms with E-state index in [0.717, 1.165) is 11.1 Å². The standard InChI is InChI=1S/C64H104N10O13/c1-18-41(8)54(49(85-16)37-50(75)74-34-23-27-48(74)55(86-17)42(9)56(76)68-47(61(81)82)36-44-24-20-19-21-25-44)73(15)60(80)52(39(4)5)69-58(78)53(40(6)7)71(13)35-32-43-28-30-45(31-29-43)72(14)59(79)46(26-22-33-66-62(65)83)67-57(77)51(38(2)3)70-63(84)87-64(10,11)12/h19-21,24-25,28-31,38-42,46-49,51-55H,18,22-23,26-27,32-37H2,1-17H3,(H,67,77)(H,68,76)(H,69,78)(H,70,84)(H,81,82)(H3,65,66,83). The van der Waals surface area contributed by atoms with Gasteiger partial charge in [0, 0.05) is 60.1 Å². The van der Waals surface area contributed by atoms with Crippen LogP contribution in [0.3, 0.4) is 0 Å². The number of likely N-dealkylation sites (tertiary alicyclic amines) is 1. The highest BCUT2D eigenvalue weighted by Gasteiger charge is 2.44. The van der Waals surface area contributed by atoms with Gasteiger partial charge in [0.2, 0.25) is 35.4 Å². The summed E-state index contributed by atoms with van der Waals surface area (Å²) < 4.78 is 17.4. The summed E-state index contributed by atoms with van der Waals surface area (Å²) in [4.78, 5) is 128. The lowest BCUT2D eigenvalue weighted by Crippen LogP contribution is -2.60. The summed E-state index contributed by atoms with van der Waals surface area (Å²) in [6, 6.07) is 9.82. The van der Waals surface area contributed by atoms with Gasteiger partial charge in [-0.1, -0.05) is 111 Å². The van der Waals surface area contributed by atoms with E-state index in [9.17, 15) is 48.3 Å². The van der Waals surface area contributed by atoms with E-state index in [2.05, 4.69) is 26.6 Å². The molecule has 3 rings (SSSR count). The molecule has 1 heterocycles. The first-order valence-corrected chi connectivity index (χ1v) is 30.7. The Morgan fingerprint density at radius 3 is 1.87 bits per heavy atom. The second-order valence-electron chi connectivity index (χ2n) is 25.3. The molecule has 9 amide bonds. The summed E-state index contributed by atoms with van der Waals surface area (Å²) in [7, 11) is 8.13. The predicted molar refractivity (Wildman–Crippen MR) is 334 cm³/mol. The Labute approximate surface area is 516 Å². The summed E-state index contributed by atoms with van der Waals surface area (Å²) in [5.41, 5.74) is 6.69. The van der Waals surface area contributed by atoms with Gasteiger partial charge in [-0.05, 0) is 107 Å². The molecule has 488 valence electrons. The maximum atomic E-state index is 14.8. The van der Waals surface area contributed by atoms with Crippen molar-refractivity contribution in [3.63, 3.8) is 0 Å². The van der Waals surface area contributed by atoms with Gasteiger partial charge in [0.25, 0.3) is 0 Å². The molecule has 11 atom stereocenters. The number of rotatable bonds is 34. The zero-order valence-corrected chi connectivity index (χ0v) is 54.8. The number of hydrogen-bond acceptors (Lipinski definition) is 13. The Morgan fingerprint density at radius 2 is 1.34 bits per heavy atom. The van der Waals surface area contributed by atoms with Crippen LogP contribution in [-0.4, -0.2) is 188 Å². The van der Waals surface area contributed by atoms with Crippen LogP contribution < -0.4 is 37.2 Å². The first kappa shape index (κ1) is 74.4. The normalized spacial score (nSPS) is 17.0. The van der Waals surface area contributed by atoms with Crippen LogP contribution in [0.1, 0.15) is 133 Å². The summed E-state index contributed by atoms with van der Waals surface area (Å²) in [6.45, 7) is 23.0. The van der Waals surface area contributed by atoms with Gasteiger partial charge in [-0.25, -0.2) is 14.4 Å². The molecular formula is C64H104N10O13. The summed E-state index contributed by atoms with van der Waals surface area (Å²) in [6.07, 6.45) is 0.599. The van der Waals surface area contributed by atoms with Gasteiger partial charge in [0.15, 0.2) is 0 Å². The number of nitrogens with zero attached hydrogens (tertiary/aromatic N) is 4. The fourth-order valence-electron chi connectivity index (χ4n) is 11.3. The van der Waals surface area contributed by atoms with Crippen molar-refractivity contribution in [1.82, 2.24) is 41.3 Å². The Bertz CT molecular complexity index is 2560. The highest BCUT2D eigenvalue weighted by atomic mass is 16.6. The molecule has 0 bridgehead atoms. The minimum Gasteiger partial charge on any atom is -0.480 e. The van der Waals surface area contributed by atoms with E-state index in [1.807, 2.05) is 71.7 Å². The first-order valence-electron chi connectivity index (χ1n) is 30.7. The number of ether oxygens (including phenoxy) is 3. The fraction of sp³-hybridized carbons (Fsp3) is 0.672. The number of likely N-dealkylation sites (N-methyl/N-ethyl adjacent to an activating group) is 3. The molecule has 87 heavy (non-hydrogen) atoms. The molecule has 0 spiro atoms. The third-order valence-electron chi connectivity index (χ3n) is 16.4. The molecule has 1 fully saturated rings. The van der Waals surface area contributed by atoms with Crippen molar-refractivity contribution in [3.8, 4) is 0 Å². The van der Waals surface area contributed by atoms with Crippen LogP contribution in [0.2, 0.25) is 0 Å². The summed E-state index contributed by atoms with van der Waals surface area (Å²) in [5.74, 6) is -5.36. The predicted octanol–water partition coefficient (Wildman–Crippen LogP) is 5.50. The third kappa shape index (κ3) is 22.7. The van der Waals surface area contributed by atoms with Crippen molar-refractivity contribution < 1.29 is 62.5 Å². The van der Waals surface area contributed by atoms with Crippen LogP contribution in [0.4, 0.5) is 15.3 Å². The van der Waals surface area contributed by atoms with Gasteiger partial charge in [-0.15, -0.1) is 0 Å². The van der Waals surface area contributed by atoms with Crippen molar-refractivity contribution in [1.29, 1.82) is 0 Å². The molecule has 0 saturated carbocycles. The van der Waals surface area contributed by atoms with E-state index < -0.39 is 102 Å². The lowest BCUT2D eigenvalue weighted by Gasteiger charge is -2.41. The van der Waals surface area contributed by atoms with Crippen molar-refractivity contribution in [2.75, 3.05) is 59.9 Å². The number of carbonyl (C=O) groups is 9. The molecule has 0 aliphatic carbocycles. The van der Waals surface area contributed by atoms with Crippen LogP contribution in [-0.2, 0) is 60.6 Å². The van der Waals surface area contributed by atoms with Crippen molar-refractivity contribution in [2.24, 2.45) is 35.3 Å². The molecule has 0 radical (unpaired) electrons. The van der Waals surface area contributed by atoms with Crippen LogP contribution in [0.5, 0.6) is 0 Å². The van der Waals surface area contributed by atoms with Crippen LogP contribution >= 0.6 is 0 Å². The van der Waals surface area contributed by atoms with Crippen molar-refractivity contribution in [3.05, 3.63) is 65.7 Å². The monoisotopic (exact) mass is 1220 g/mol. The Hall–Kier alpha value is -6.85. The Morgan fingerprint density at radius 1 is 0.736 bits per heavy atom. The second kappa shape index (κ2) is 35.2. The molecule has 23 nitrogen and oxygen atoms in total.